The topological polar surface area (TPSA) is 117 Å². The molecule has 1 amide bonds. The molecule has 1 saturated heterocycles. The summed E-state index contributed by atoms with van der Waals surface area (Å²) in [7, 11) is -5.89. The fourth-order valence-corrected chi connectivity index (χ4v) is 6.39. The van der Waals surface area contributed by atoms with Crippen molar-refractivity contribution in [2.75, 3.05) is 32.8 Å². The molecule has 0 bridgehead atoms. The molecule has 0 aliphatic carbocycles. The zero-order valence-electron chi connectivity index (χ0n) is 27.2. The molecule has 1 N–H and O–H groups in total. The molecule has 14 heteroatoms. The minimum Gasteiger partial charge on any atom is -0.482 e. The molecule has 1 unspecified atom stereocenters. The molecule has 3 aromatic carbocycles. The van der Waals surface area contributed by atoms with Gasteiger partial charge in [0.1, 0.15) is 11.5 Å². The van der Waals surface area contributed by atoms with E-state index in [4.69, 9.17) is 9.84 Å². The van der Waals surface area contributed by atoms with Crippen LogP contribution < -0.4 is 8.92 Å². The summed E-state index contributed by atoms with van der Waals surface area (Å²) in [4.78, 5) is 30.4. The fourth-order valence-electron chi connectivity index (χ4n) is 5.94. The van der Waals surface area contributed by atoms with Gasteiger partial charge in [0.05, 0.1) is 6.04 Å². The van der Waals surface area contributed by atoms with Crippen molar-refractivity contribution in [1.82, 2.24) is 14.7 Å². The van der Waals surface area contributed by atoms with Crippen molar-refractivity contribution in [1.29, 1.82) is 0 Å². The first kappa shape index (κ1) is 36.7. The van der Waals surface area contributed by atoms with Crippen LogP contribution in [0.5, 0.6) is 11.5 Å². The van der Waals surface area contributed by atoms with E-state index in [1.807, 2.05) is 32.9 Å². The number of benzene rings is 3. The van der Waals surface area contributed by atoms with Gasteiger partial charge in [-0.1, -0.05) is 36.4 Å². The number of halogens is 3. The fraction of sp³-hybridized carbons (Fsp3) is 0.412. The number of amides is 1. The van der Waals surface area contributed by atoms with Crippen LogP contribution in [0.25, 0.3) is 0 Å². The Bertz CT molecular complexity index is 1700. The molecule has 1 fully saturated rings. The van der Waals surface area contributed by atoms with Crippen molar-refractivity contribution >= 4 is 22.0 Å². The lowest BCUT2D eigenvalue weighted by Gasteiger charge is -2.48. The number of nitrogens with zero attached hydrogens (tertiary/aromatic N) is 3. The maximum absolute atomic E-state index is 13.3. The van der Waals surface area contributed by atoms with Crippen LogP contribution in [0, 0.1) is 0 Å². The van der Waals surface area contributed by atoms with Crippen molar-refractivity contribution in [2.24, 2.45) is 0 Å². The lowest BCUT2D eigenvalue weighted by Crippen LogP contribution is -2.56. The lowest BCUT2D eigenvalue weighted by molar-refractivity contribution is -0.139. The van der Waals surface area contributed by atoms with Crippen LogP contribution in [0.3, 0.4) is 0 Å². The van der Waals surface area contributed by atoms with E-state index in [0.29, 0.717) is 55.2 Å². The molecule has 3 aromatic rings. The Morgan fingerprint density at radius 1 is 0.917 bits per heavy atom. The number of rotatable bonds is 13. The van der Waals surface area contributed by atoms with Crippen LogP contribution >= 0.6 is 0 Å². The third-order valence-electron chi connectivity index (χ3n) is 8.30. The van der Waals surface area contributed by atoms with E-state index in [1.54, 1.807) is 47.4 Å². The molecule has 10 nitrogen and oxygen atoms in total. The Morgan fingerprint density at radius 3 is 2.19 bits per heavy atom. The molecule has 3 atom stereocenters. The highest BCUT2D eigenvalue weighted by molar-refractivity contribution is 7.88. The summed E-state index contributed by atoms with van der Waals surface area (Å²) in [5.74, 6) is -1.26. The van der Waals surface area contributed by atoms with Crippen LogP contribution in [0.15, 0.2) is 72.8 Å². The molecule has 1 aliphatic rings. The minimum atomic E-state index is -5.89. The van der Waals surface area contributed by atoms with Gasteiger partial charge in [0.25, 0.3) is 5.91 Å². The second-order valence-electron chi connectivity index (χ2n) is 11.7. The summed E-state index contributed by atoms with van der Waals surface area (Å²) < 4.78 is 73.0. The average molecular weight is 692 g/mol. The van der Waals surface area contributed by atoms with Crippen LogP contribution in [-0.2, 0) is 21.5 Å². The number of carboxylic acids is 1. The Balaban J connectivity index is 1.68. The molecule has 48 heavy (non-hydrogen) atoms. The monoisotopic (exact) mass is 691 g/mol. The number of hydrogen-bond acceptors (Lipinski definition) is 8. The van der Waals surface area contributed by atoms with Crippen LogP contribution in [0.2, 0.25) is 0 Å². The van der Waals surface area contributed by atoms with Crippen LogP contribution in [0.1, 0.15) is 60.8 Å². The predicted octanol–water partition coefficient (Wildman–Crippen LogP) is 5.54. The SMILES string of the molecule is CCN(CC)C(=O)c1cccc(C(c2cccc(OS(=O)(=O)C(F)(F)F)c2)N2C[C@@H](C)N(Cc3cccc(OCC(=O)O)c3)C[C@@H]2C)c1. The van der Waals surface area contributed by atoms with Gasteiger partial charge in [-0.05, 0) is 80.8 Å². The first-order valence-corrected chi connectivity index (χ1v) is 17.0. The smallest absolute Gasteiger partial charge is 0.482 e. The molecule has 0 aromatic heterocycles. The summed E-state index contributed by atoms with van der Waals surface area (Å²) in [5, 5.41) is 8.95. The van der Waals surface area contributed by atoms with Gasteiger partial charge in [0.15, 0.2) is 6.61 Å². The molecule has 0 spiro atoms. The Hall–Kier alpha value is -4.14. The molecule has 0 saturated carbocycles. The third kappa shape index (κ3) is 8.85. The molecular weight excluding hydrogens is 651 g/mol. The standard InChI is InChI=1S/C34H40F3N3O7S/c1-5-38(6-2)33(43)28-13-8-11-26(17-28)32(27-12-9-15-30(18-27)47-48(44,45)34(35,36)37)40-20-23(3)39(19-24(40)4)21-25-10-7-14-29(16-25)46-22-31(41)42/h7-18,23-24,32H,5-6,19-22H2,1-4H3,(H,41,42)/t23-,24+,32?/m1/s1. The highest BCUT2D eigenvalue weighted by Gasteiger charge is 2.48. The largest absolute Gasteiger partial charge is 0.534 e. The van der Waals surface area contributed by atoms with Crippen molar-refractivity contribution < 1.29 is 45.2 Å². The second-order valence-corrected chi connectivity index (χ2v) is 13.3. The van der Waals surface area contributed by atoms with Crippen molar-refractivity contribution in [3.63, 3.8) is 0 Å². The van der Waals surface area contributed by atoms with E-state index in [-0.39, 0.29) is 18.0 Å². The van der Waals surface area contributed by atoms with Gasteiger partial charge in [0.2, 0.25) is 0 Å². The maximum Gasteiger partial charge on any atom is 0.534 e. The predicted molar refractivity (Wildman–Crippen MR) is 173 cm³/mol. The molecular formula is C34H40F3N3O7S. The van der Waals surface area contributed by atoms with Gasteiger partial charge in [-0.2, -0.15) is 21.6 Å². The summed E-state index contributed by atoms with van der Waals surface area (Å²) in [5.41, 5.74) is -3.01. The molecule has 0 radical (unpaired) electrons. The third-order valence-corrected chi connectivity index (χ3v) is 9.28. The lowest BCUT2D eigenvalue weighted by atomic mass is 9.92. The average Bonchev–Trinajstić information content (AvgIpc) is 3.03. The molecule has 260 valence electrons. The number of aliphatic carboxylic acids is 1. The molecule has 1 aliphatic heterocycles. The number of alkyl halides is 3. The first-order valence-electron chi connectivity index (χ1n) is 15.6. The van der Waals surface area contributed by atoms with E-state index < -0.39 is 40.0 Å². The maximum atomic E-state index is 13.3. The number of carbonyl (C=O) groups excluding carboxylic acids is 1. The normalized spacial score (nSPS) is 18.2. The molecule has 4 rings (SSSR count). The van der Waals surface area contributed by atoms with E-state index >= 15 is 0 Å². The van der Waals surface area contributed by atoms with Gasteiger partial charge < -0.3 is 18.9 Å². The van der Waals surface area contributed by atoms with Crippen LogP contribution in [-0.4, -0.2) is 90.5 Å². The Labute approximate surface area is 278 Å². The van der Waals surface area contributed by atoms with Gasteiger partial charge in [-0.15, -0.1) is 0 Å². The number of hydrogen-bond donors (Lipinski definition) is 1. The van der Waals surface area contributed by atoms with Gasteiger partial charge in [-0.25, -0.2) is 4.79 Å². The Kier molecular flexibility index (Phi) is 11.8. The van der Waals surface area contributed by atoms with Crippen molar-refractivity contribution in [2.45, 2.75) is 57.9 Å². The second kappa shape index (κ2) is 15.4. The van der Waals surface area contributed by atoms with Gasteiger partial charge in [0, 0.05) is 50.4 Å². The highest BCUT2D eigenvalue weighted by atomic mass is 32.2. The molecule has 1 heterocycles. The summed E-state index contributed by atoms with van der Waals surface area (Å²) in [6.45, 7) is 10.1. The van der Waals surface area contributed by atoms with E-state index in [2.05, 4.69) is 20.9 Å². The summed E-state index contributed by atoms with van der Waals surface area (Å²) >= 11 is 0. The van der Waals surface area contributed by atoms with Gasteiger partial charge >= 0.3 is 21.6 Å². The van der Waals surface area contributed by atoms with E-state index in [0.717, 1.165) is 11.6 Å². The zero-order valence-corrected chi connectivity index (χ0v) is 28.0. The number of carboxylic acid groups (broad SMARTS) is 1. The quantitative estimate of drug-likeness (QED) is 0.182. The van der Waals surface area contributed by atoms with Gasteiger partial charge in [-0.3, -0.25) is 14.6 Å². The van der Waals surface area contributed by atoms with Crippen molar-refractivity contribution in [3.8, 4) is 11.5 Å². The van der Waals surface area contributed by atoms with Crippen molar-refractivity contribution in [3.05, 3.63) is 95.1 Å². The minimum absolute atomic E-state index is 0.0159. The number of ether oxygens (including phenoxy) is 1. The zero-order chi connectivity index (χ0) is 35.2. The van der Waals surface area contributed by atoms with Crippen LogP contribution in [0.4, 0.5) is 13.2 Å². The summed E-state index contributed by atoms with van der Waals surface area (Å²) in [6, 6.07) is 19.2. The highest BCUT2D eigenvalue weighted by Crippen LogP contribution is 2.36. The van der Waals surface area contributed by atoms with E-state index in [1.165, 1.54) is 12.1 Å². The summed E-state index contributed by atoms with van der Waals surface area (Å²) in [6.07, 6.45) is 0. The van der Waals surface area contributed by atoms with E-state index in [9.17, 15) is 31.2 Å². The number of carbonyl (C=O) groups is 2. The Morgan fingerprint density at radius 2 is 1.54 bits per heavy atom. The number of piperazine rings is 1. The first-order chi connectivity index (χ1) is 22.6.